The summed E-state index contributed by atoms with van der Waals surface area (Å²) < 4.78 is 35.0. The number of methoxy groups -OCH3 is 1. The van der Waals surface area contributed by atoms with E-state index in [9.17, 15) is 13.2 Å². The number of amides is 1. The number of aromatic nitrogens is 2. The Hall–Kier alpha value is -3.37. The minimum atomic E-state index is -3.92. The fourth-order valence-electron chi connectivity index (χ4n) is 2.78. The maximum atomic E-state index is 12.8. The smallest absolute Gasteiger partial charge is 0.262 e. The summed E-state index contributed by atoms with van der Waals surface area (Å²) in [5.41, 5.74) is 0.508. The summed E-state index contributed by atoms with van der Waals surface area (Å²) in [5, 5.41) is 7.00. The predicted molar refractivity (Wildman–Crippen MR) is 119 cm³/mol. The van der Waals surface area contributed by atoms with Gasteiger partial charge in [0.2, 0.25) is 0 Å². The lowest BCUT2D eigenvalue weighted by molar-refractivity contribution is 0.102. The van der Waals surface area contributed by atoms with Gasteiger partial charge in [-0.2, -0.15) is 5.10 Å². The Bertz CT molecular complexity index is 1160. The molecule has 0 unspecified atom stereocenters. The van der Waals surface area contributed by atoms with E-state index in [-0.39, 0.29) is 10.5 Å². The molecule has 1 aromatic heterocycles. The number of likely N-dealkylation sites (N-methyl/N-ethyl adjacent to an activating group) is 1. The molecule has 0 bridgehead atoms. The van der Waals surface area contributed by atoms with E-state index in [1.165, 1.54) is 25.3 Å². The van der Waals surface area contributed by atoms with E-state index in [0.717, 1.165) is 6.54 Å². The molecule has 0 atom stereocenters. The van der Waals surface area contributed by atoms with Gasteiger partial charge in [0.05, 0.1) is 24.2 Å². The largest absolute Gasteiger partial charge is 0.495 e. The van der Waals surface area contributed by atoms with Gasteiger partial charge in [0, 0.05) is 24.4 Å². The molecule has 3 rings (SSSR count). The Morgan fingerprint density at radius 1 is 1.13 bits per heavy atom. The number of para-hydroxylation sites is 2. The molecule has 0 aliphatic rings. The highest BCUT2D eigenvalue weighted by Crippen LogP contribution is 2.26. The molecule has 2 N–H and O–H groups in total. The molecule has 164 valence electrons. The Labute approximate surface area is 181 Å². The van der Waals surface area contributed by atoms with Crippen molar-refractivity contribution in [3.63, 3.8) is 0 Å². The third-order valence-electron chi connectivity index (χ3n) is 4.42. The van der Waals surface area contributed by atoms with Gasteiger partial charge in [-0.3, -0.25) is 14.2 Å². The zero-order valence-corrected chi connectivity index (χ0v) is 18.4. The molecule has 9 nitrogen and oxygen atoms in total. The van der Waals surface area contributed by atoms with E-state index in [4.69, 9.17) is 4.74 Å². The number of anilines is 2. The highest BCUT2D eigenvalue weighted by atomic mass is 32.2. The zero-order chi connectivity index (χ0) is 22.4. The standard InChI is InChI=1S/C21H25N5O4S/c1-25(2)13-14-26-12-11-20(23-26)22-21(27)16-7-6-8-17(15-16)31(28,29)24-18-9-4-5-10-19(18)30-3/h4-12,15,24H,13-14H2,1-3H3,(H,22,23,27). The van der Waals surface area contributed by atoms with E-state index >= 15 is 0 Å². The summed E-state index contributed by atoms with van der Waals surface area (Å²) in [6.45, 7) is 1.50. The first-order chi connectivity index (χ1) is 14.8. The van der Waals surface area contributed by atoms with E-state index in [1.54, 1.807) is 47.3 Å². The lowest BCUT2D eigenvalue weighted by Crippen LogP contribution is -2.19. The van der Waals surface area contributed by atoms with Crippen LogP contribution in [0.25, 0.3) is 0 Å². The Morgan fingerprint density at radius 3 is 2.65 bits per heavy atom. The minimum absolute atomic E-state index is 0.0393. The quantitative estimate of drug-likeness (QED) is 0.526. The average Bonchev–Trinajstić information content (AvgIpc) is 3.20. The zero-order valence-electron chi connectivity index (χ0n) is 17.6. The number of benzene rings is 2. The number of rotatable bonds is 9. The molecule has 3 aromatic rings. The molecule has 1 heterocycles. The molecule has 2 aromatic carbocycles. The first-order valence-corrected chi connectivity index (χ1v) is 11.0. The monoisotopic (exact) mass is 443 g/mol. The van der Waals surface area contributed by atoms with Gasteiger partial charge in [0.1, 0.15) is 5.75 Å². The first-order valence-electron chi connectivity index (χ1n) is 9.54. The Kier molecular flexibility index (Phi) is 6.93. The molecule has 0 radical (unpaired) electrons. The van der Waals surface area contributed by atoms with Crippen LogP contribution in [0, 0.1) is 0 Å². The topological polar surface area (TPSA) is 106 Å². The van der Waals surface area contributed by atoms with Crippen LogP contribution >= 0.6 is 0 Å². The van der Waals surface area contributed by atoms with Gasteiger partial charge in [0.15, 0.2) is 5.82 Å². The third-order valence-corrected chi connectivity index (χ3v) is 5.78. The van der Waals surface area contributed by atoms with E-state index in [0.29, 0.717) is 23.8 Å². The number of hydrogen-bond donors (Lipinski definition) is 2. The lowest BCUT2D eigenvalue weighted by Gasteiger charge is -2.12. The number of nitrogens with one attached hydrogen (secondary N) is 2. The summed E-state index contributed by atoms with van der Waals surface area (Å²) in [5.74, 6) is 0.334. The van der Waals surface area contributed by atoms with Crippen molar-refractivity contribution in [3.8, 4) is 5.75 Å². The normalized spacial score (nSPS) is 11.4. The van der Waals surface area contributed by atoms with Crippen LogP contribution in [0.15, 0.2) is 65.7 Å². The van der Waals surface area contributed by atoms with Gasteiger partial charge < -0.3 is 15.0 Å². The molecule has 0 saturated carbocycles. The second-order valence-corrected chi connectivity index (χ2v) is 8.74. The van der Waals surface area contributed by atoms with Crippen LogP contribution in [0.5, 0.6) is 5.75 Å². The number of nitrogens with zero attached hydrogens (tertiary/aromatic N) is 3. The Balaban J connectivity index is 1.74. The fraction of sp³-hybridized carbons (Fsp3) is 0.238. The van der Waals surface area contributed by atoms with Crippen molar-refractivity contribution in [2.45, 2.75) is 11.4 Å². The van der Waals surface area contributed by atoms with Gasteiger partial charge in [-0.25, -0.2) is 8.42 Å². The maximum absolute atomic E-state index is 12.8. The van der Waals surface area contributed by atoms with Crippen LogP contribution in [0.3, 0.4) is 0 Å². The highest BCUT2D eigenvalue weighted by Gasteiger charge is 2.18. The fourth-order valence-corrected chi connectivity index (χ4v) is 3.90. The van der Waals surface area contributed by atoms with Crippen molar-refractivity contribution in [1.29, 1.82) is 0 Å². The van der Waals surface area contributed by atoms with Gasteiger partial charge in [-0.15, -0.1) is 0 Å². The van der Waals surface area contributed by atoms with Crippen molar-refractivity contribution in [1.82, 2.24) is 14.7 Å². The minimum Gasteiger partial charge on any atom is -0.495 e. The number of carbonyl (C=O) groups is 1. The molecule has 0 aliphatic carbocycles. The summed E-state index contributed by atoms with van der Waals surface area (Å²) in [4.78, 5) is 14.6. The molecule has 1 amide bonds. The second kappa shape index (κ2) is 9.63. The van der Waals surface area contributed by atoms with Crippen LogP contribution in [-0.2, 0) is 16.6 Å². The van der Waals surface area contributed by atoms with E-state index in [2.05, 4.69) is 15.1 Å². The van der Waals surface area contributed by atoms with E-state index < -0.39 is 15.9 Å². The SMILES string of the molecule is COc1ccccc1NS(=O)(=O)c1cccc(C(=O)Nc2ccn(CCN(C)C)n2)c1. The lowest BCUT2D eigenvalue weighted by atomic mass is 10.2. The van der Waals surface area contributed by atoms with E-state index in [1.807, 2.05) is 19.0 Å². The number of carbonyl (C=O) groups excluding carboxylic acids is 1. The molecular weight excluding hydrogens is 418 g/mol. The van der Waals surface area contributed by atoms with Crippen molar-refractivity contribution >= 4 is 27.4 Å². The average molecular weight is 444 g/mol. The molecule has 0 saturated heterocycles. The van der Waals surface area contributed by atoms with Gasteiger partial charge in [-0.05, 0) is 44.4 Å². The molecule has 10 heteroatoms. The third kappa shape index (κ3) is 5.83. The summed E-state index contributed by atoms with van der Waals surface area (Å²) in [6.07, 6.45) is 1.77. The van der Waals surface area contributed by atoms with Crippen LogP contribution in [-0.4, -0.2) is 56.8 Å². The molecular formula is C21H25N5O4S. The van der Waals surface area contributed by atoms with Crippen molar-refractivity contribution < 1.29 is 17.9 Å². The molecule has 0 spiro atoms. The van der Waals surface area contributed by atoms with Crippen LogP contribution < -0.4 is 14.8 Å². The van der Waals surface area contributed by atoms with Crippen LogP contribution in [0.2, 0.25) is 0 Å². The second-order valence-electron chi connectivity index (χ2n) is 7.06. The summed E-state index contributed by atoms with van der Waals surface area (Å²) in [7, 11) is 1.47. The number of hydrogen-bond acceptors (Lipinski definition) is 6. The van der Waals surface area contributed by atoms with Gasteiger partial charge in [0.25, 0.3) is 15.9 Å². The van der Waals surface area contributed by atoms with Crippen LogP contribution in [0.1, 0.15) is 10.4 Å². The van der Waals surface area contributed by atoms with Gasteiger partial charge >= 0.3 is 0 Å². The van der Waals surface area contributed by atoms with Gasteiger partial charge in [-0.1, -0.05) is 18.2 Å². The summed E-state index contributed by atoms with van der Waals surface area (Å²) >= 11 is 0. The summed E-state index contributed by atoms with van der Waals surface area (Å²) in [6, 6.07) is 14.2. The van der Waals surface area contributed by atoms with Crippen LogP contribution in [0.4, 0.5) is 11.5 Å². The molecule has 0 fully saturated rings. The van der Waals surface area contributed by atoms with Crippen molar-refractivity contribution in [2.75, 3.05) is 37.8 Å². The Morgan fingerprint density at radius 2 is 1.90 bits per heavy atom. The number of ether oxygens (including phenoxy) is 1. The molecule has 0 aliphatic heterocycles. The first kappa shape index (κ1) is 22.3. The molecule has 31 heavy (non-hydrogen) atoms. The predicted octanol–water partition coefficient (Wildman–Crippen LogP) is 2.51. The highest BCUT2D eigenvalue weighted by molar-refractivity contribution is 7.92. The van der Waals surface area contributed by atoms with Crippen molar-refractivity contribution in [2.24, 2.45) is 0 Å². The number of sulfonamides is 1. The maximum Gasteiger partial charge on any atom is 0.262 e. The van der Waals surface area contributed by atoms with Crippen molar-refractivity contribution in [3.05, 3.63) is 66.4 Å².